The molecule has 0 bridgehead atoms. The number of rotatable bonds is 9. The Hall–Kier alpha value is -3.19. The fourth-order valence-electron chi connectivity index (χ4n) is 5.36. The molecule has 34 heavy (non-hydrogen) atoms. The molecule has 1 saturated heterocycles. The molecular weight excluding hydrogens is 432 g/mol. The number of hydrogen-bond donors (Lipinski definition) is 1. The summed E-state index contributed by atoms with van der Waals surface area (Å²) in [6, 6.07) is 16.6. The lowest BCUT2D eigenvalue weighted by Crippen LogP contribution is -2.46. The zero-order chi connectivity index (χ0) is 24.1. The van der Waals surface area contributed by atoms with E-state index in [9.17, 15) is 19.5 Å². The number of likely N-dealkylation sites (tertiary alicyclic amines) is 1. The van der Waals surface area contributed by atoms with Crippen LogP contribution in [0.2, 0.25) is 0 Å². The Morgan fingerprint density at radius 3 is 2.44 bits per heavy atom. The number of carbonyl (C=O) groups excluding carboxylic acids is 3. The topological polar surface area (TPSA) is 87.2 Å². The van der Waals surface area contributed by atoms with Crippen LogP contribution in [0.25, 0.3) is 0 Å². The molecule has 2 aliphatic rings. The summed E-state index contributed by atoms with van der Waals surface area (Å²) in [7, 11) is 1.53. The third-order valence-corrected chi connectivity index (χ3v) is 7.05. The number of carbonyl (C=O) groups is 3. The van der Waals surface area contributed by atoms with Crippen molar-refractivity contribution >= 4 is 17.7 Å². The minimum absolute atomic E-state index is 0.0627. The van der Waals surface area contributed by atoms with E-state index in [1.165, 1.54) is 12.0 Å². The smallest absolute Gasteiger partial charge is 0.241 e. The second-order valence-electron chi connectivity index (χ2n) is 9.17. The van der Waals surface area contributed by atoms with Gasteiger partial charge in [0.2, 0.25) is 17.7 Å². The summed E-state index contributed by atoms with van der Waals surface area (Å²) in [6.07, 6.45) is 3.37. The van der Waals surface area contributed by atoms with E-state index in [1.807, 2.05) is 30.3 Å². The highest BCUT2D eigenvalue weighted by molar-refractivity contribution is 6.11. The van der Waals surface area contributed by atoms with Crippen LogP contribution < -0.4 is 4.74 Å². The maximum absolute atomic E-state index is 14.0. The van der Waals surface area contributed by atoms with Crippen molar-refractivity contribution in [1.29, 1.82) is 0 Å². The van der Waals surface area contributed by atoms with E-state index in [-0.39, 0.29) is 49.8 Å². The van der Waals surface area contributed by atoms with Gasteiger partial charge in [0.05, 0.1) is 19.1 Å². The molecule has 7 nitrogen and oxygen atoms in total. The molecule has 3 amide bonds. The number of ether oxygens (including phenoxy) is 1. The first-order chi connectivity index (χ1) is 16.5. The van der Waals surface area contributed by atoms with E-state index >= 15 is 0 Å². The van der Waals surface area contributed by atoms with E-state index in [4.69, 9.17) is 4.74 Å². The van der Waals surface area contributed by atoms with Gasteiger partial charge in [-0.05, 0) is 24.5 Å². The van der Waals surface area contributed by atoms with Gasteiger partial charge in [-0.1, -0.05) is 61.4 Å². The Labute approximate surface area is 200 Å². The predicted octanol–water partition coefficient (Wildman–Crippen LogP) is 3.05. The van der Waals surface area contributed by atoms with Crippen LogP contribution in [0.1, 0.15) is 49.7 Å². The quantitative estimate of drug-likeness (QED) is 0.577. The van der Waals surface area contributed by atoms with Crippen molar-refractivity contribution in [2.24, 2.45) is 0 Å². The third kappa shape index (κ3) is 4.57. The Balaban J connectivity index is 1.70. The van der Waals surface area contributed by atoms with Gasteiger partial charge in [0.25, 0.3) is 0 Å². The molecule has 2 aromatic rings. The van der Waals surface area contributed by atoms with Crippen LogP contribution in [-0.4, -0.2) is 58.9 Å². The summed E-state index contributed by atoms with van der Waals surface area (Å²) in [5, 5.41) is 9.62. The monoisotopic (exact) mass is 464 g/mol. The van der Waals surface area contributed by atoms with E-state index < -0.39 is 5.41 Å². The van der Waals surface area contributed by atoms with Gasteiger partial charge in [0, 0.05) is 37.5 Å². The van der Waals surface area contributed by atoms with Gasteiger partial charge in [-0.25, -0.2) is 0 Å². The molecular formula is C27H32N2O5. The van der Waals surface area contributed by atoms with Crippen molar-refractivity contribution in [3.63, 3.8) is 0 Å². The summed E-state index contributed by atoms with van der Waals surface area (Å²) in [6.45, 7) is 0.266. The van der Waals surface area contributed by atoms with Gasteiger partial charge in [-0.2, -0.15) is 0 Å². The molecule has 0 radical (unpaired) electrons. The first kappa shape index (κ1) is 24.0. The molecule has 2 fully saturated rings. The Bertz CT molecular complexity index is 1030. The van der Waals surface area contributed by atoms with E-state index in [1.54, 1.807) is 29.2 Å². The largest absolute Gasteiger partial charge is 0.496 e. The molecule has 1 atom stereocenters. The molecule has 1 saturated carbocycles. The Morgan fingerprint density at radius 1 is 1.09 bits per heavy atom. The van der Waals surface area contributed by atoms with Crippen LogP contribution in [0.4, 0.5) is 0 Å². The van der Waals surface area contributed by atoms with E-state index in [0.717, 1.165) is 31.2 Å². The summed E-state index contributed by atoms with van der Waals surface area (Å²) in [5.41, 5.74) is 0.165. The van der Waals surface area contributed by atoms with Crippen LogP contribution >= 0.6 is 0 Å². The lowest BCUT2D eigenvalue weighted by atomic mass is 9.75. The lowest BCUT2D eigenvalue weighted by molar-refractivity contribution is -0.145. The van der Waals surface area contributed by atoms with Gasteiger partial charge >= 0.3 is 0 Å². The van der Waals surface area contributed by atoms with Crippen molar-refractivity contribution < 1.29 is 24.2 Å². The van der Waals surface area contributed by atoms with Gasteiger partial charge in [-0.3, -0.25) is 19.3 Å². The number of hydrogen-bond acceptors (Lipinski definition) is 5. The minimum atomic E-state index is -1.33. The second kappa shape index (κ2) is 10.4. The van der Waals surface area contributed by atoms with Gasteiger partial charge in [-0.15, -0.1) is 0 Å². The van der Waals surface area contributed by atoms with Crippen LogP contribution in [0, 0.1) is 0 Å². The number of methoxy groups -OCH3 is 1. The number of aliphatic hydroxyl groups is 1. The molecule has 2 aromatic carbocycles. The summed E-state index contributed by atoms with van der Waals surface area (Å²) in [5.74, 6) is -0.335. The van der Waals surface area contributed by atoms with Crippen LogP contribution in [0.5, 0.6) is 5.75 Å². The number of benzene rings is 2. The molecule has 0 aromatic heterocycles. The van der Waals surface area contributed by atoms with Gasteiger partial charge in [0.1, 0.15) is 5.75 Å². The van der Waals surface area contributed by atoms with Crippen molar-refractivity contribution in [3.8, 4) is 5.75 Å². The number of amides is 3. The third-order valence-electron chi connectivity index (χ3n) is 7.05. The maximum Gasteiger partial charge on any atom is 0.241 e. The second-order valence-corrected chi connectivity index (χ2v) is 9.17. The van der Waals surface area contributed by atoms with Gasteiger partial charge in [0.15, 0.2) is 0 Å². The average Bonchev–Trinajstić information content (AvgIpc) is 3.46. The highest BCUT2D eigenvalue weighted by Crippen LogP contribution is 2.46. The number of para-hydroxylation sites is 1. The molecule has 1 aliphatic carbocycles. The molecule has 1 heterocycles. The fraction of sp³-hybridized carbons (Fsp3) is 0.444. The SMILES string of the molecule is COc1ccccc1C1(CC(=O)N(CCO)Cc2ccccc2)CC(=O)N(C2CCCC2)C1=O. The predicted molar refractivity (Wildman–Crippen MR) is 127 cm³/mol. The number of aliphatic hydroxyl groups excluding tert-OH is 1. The summed E-state index contributed by atoms with van der Waals surface area (Å²) < 4.78 is 5.57. The lowest BCUT2D eigenvalue weighted by Gasteiger charge is -2.32. The summed E-state index contributed by atoms with van der Waals surface area (Å²) in [4.78, 5) is 43.8. The Kier molecular flexibility index (Phi) is 7.32. The number of imide groups is 1. The Morgan fingerprint density at radius 2 is 1.76 bits per heavy atom. The summed E-state index contributed by atoms with van der Waals surface area (Å²) >= 11 is 0. The molecule has 0 spiro atoms. The highest BCUT2D eigenvalue weighted by atomic mass is 16.5. The normalized spacial score (nSPS) is 20.7. The van der Waals surface area contributed by atoms with Crippen molar-refractivity contribution in [3.05, 3.63) is 65.7 Å². The number of nitrogens with zero attached hydrogens (tertiary/aromatic N) is 2. The molecule has 1 N–H and O–H groups in total. The standard InChI is InChI=1S/C27H32N2O5/c1-34-23-14-8-7-13-22(23)27(18-25(32)29(26(27)33)21-11-5-6-12-21)17-24(31)28(15-16-30)19-20-9-3-2-4-10-20/h2-4,7-10,13-14,21,30H,5-6,11-12,15-19H2,1H3. The molecule has 1 unspecified atom stereocenters. The first-order valence-electron chi connectivity index (χ1n) is 11.9. The molecule has 7 heteroatoms. The molecule has 1 aliphatic heterocycles. The molecule has 4 rings (SSSR count). The van der Waals surface area contributed by atoms with Crippen molar-refractivity contribution in [2.75, 3.05) is 20.3 Å². The first-order valence-corrected chi connectivity index (χ1v) is 11.9. The van der Waals surface area contributed by atoms with Gasteiger partial charge < -0.3 is 14.7 Å². The average molecular weight is 465 g/mol. The zero-order valence-electron chi connectivity index (χ0n) is 19.6. The van der Waals surface area contributed by atoms with E-state index in [2.05, 4.69) is 0 Å². The van der Waals surface area contributed by atoms with Crippen LogP contribution in [0.3, 0.4) is 0 Å². The van der Waals surface area contributed by atoms with E-state index in [0.29, 0.717) is 17.9 Å². The molecule has 180 valence electrons. The van der Waals surface area contributed by atoms with Crippen LogP contribution in [0.15, 0.2) is 54.6 Å². The highest BCUT2D eigenvalue weighted by Gasteiger charge is 2.56. The minimum Gasteiger partial charge on any atom is -0.496 e. The van der Waals surface area contributed by atoms with Crippen LogP contribution in [-0.2, 0) is 26.3 Å². The zero-order valence-corrected chi connectivity index (χ0v) is 19.6. The maximum atomic E-state index is 14.0. The van der Waals surface area contributed by atoms with Crippen molar-refractivity contribution in [1.82, 2.24) is 9.80 Å². The van der Waals surface area contributed by atoms with Crippen molar-refractivity contribution in [2.45, 2.75) is 56.5 Å². The fourth-order valence-corrected chi connectivity index (χ4v) is 5.36.